The van der Waals surface area contributed by atoms with Crippen molar-refractivity contribution in [1.82, 2.24) is 0 Å². The molecule has 11 heavy (non-hydrogen) atoms. The summed E-state index contributed by atoms with van der Waals surface area (Å²) in [5, 5.41) is 26.2. The Morgan fingerprint density at radius 2 is 2.36 bits per heavy atom. The molecule has 3 atom stereocenters. The highest BCUT2D eigenvalue weighted by Gasteiger charge is 2.36. The van der Waals surface area contributed by atoms with Crippen molar-refractivity contribution in [1.29, 1.82) is 0 Å². The molecule has 0 bridgehead atoms. The Bertz CT molecular complexity index is 157. The quantitative estimate of drug-likeness (QED) is 0.409. The van der Waals surface area contributed by atoms with Crippen LogP contribution in [-0.2, 0) is 9.53 Å². The van der Waals surface area contributed by atoms with E-state index in [1.165, 1.54) is 0 Å². The van der Waals surface area contributed by atoms with Crippen molar-refractivity contribution in [2.24, 2.45) is 0 Å². The number of hydrogen-bond donors (Lipinski definition) is 3. The fourth-order valence-electron chi connectivity index (χ4n) is 0.945. The Balaban J connectivity index is 2.46. The summed E-state index contributed by atoms with van der Waals surface area (Å²) in [7, 11) is 0. The summed E-state index contributed by atoms with van der Waals surface area (Å²) in [6.45, 7) is -0.468. The van der Waals surface area contributed by atoms with Gasteiger partial charge >= 0.3 is 5.97 Å². The topological polar surface area (TPSA) is 87.0 Å². The predicted molar refractivity (Wildman–Crippen MR) is 33.6 cm³/mol. The molecule has 0 saturated carbocycles. The van der Waals surface area contributed by atoms with Gasteiger partial charge in [-0.15, -0.1) is 0 Å². The maximum atomic E-state index is 10.5. The minimum Gasteiger partial charge on any atom is -0.457 e. The zero-order valence-electron chi connectivity index (χ0n) is 5.80. The molecule has 1 heterocycles. The number of cyclic esters (lactones) is 1. The Kier molecular flexibility index (Phi) is 2.43. The summed E-state index contributed by atoms with van der Waals surface area (Å²) in [6.07, 6.45) is -2.94. The van der Waals surface area contributed by atoms with Gasteiger partial charge in [-0.25, -0.2) is 4.79 Å². The number of carbonyl (C=O) groups is 1. The van der Waals surface area contributed by atoms with Crippen LogP contribution in [-0.4, -0.2) is 46.2 Å². The second-order valence-corrected chi connectivity index (χ2v) is 2.48. The van der Waals surface area contributed by atoms with E-state index in [9.17, 15) is 4.79 Å². The van der Waals surface area contributed by atoms with Crippen molar-refractivity contribution >= 4 is 5.97 Å². The van der Waals surface area contributed by atoms with Crippen LogP contribution in [0.4, 0.5) is 0 Å². The van der Waals surface area contributed by atoms with Gasteiger partial charge in [0.25, 0.3) is 0 Å². The van der Waals surface area contributed by atoms with E-state index in [1.54, 1.807) is 0 Å². The summed E-state index contributed by atoms with van der Waals surface area (Å²) in [5.74, 6) is -0.734. The Hall–Kier alpha value is -0.650. The fourth-order valence-corrected chi connectivity index (χ4v) is 0.945. The molecule has 1 aliphatic rings. The van der Waals surface area contributed by atoms with Crippen LogP contribution in [0.25, 0.3) is 0 Å². The zero-order valence-corrected chi connectivity index (χ0v) is 5.80. The first-order chi connectivity index (χ1) is 5.15. The molecule has 1 fully saturated rings. The van der Waals surface area contributed by atoms with Gasteiger partial charge in [-0.1, -0.05) is 0 Å². The highest BCUT2D eigenvalue weighted by molar-refractivity contribution is 5.76. The second-order valence-electron chi connectivity index (χ2n) is 2.48. The molecule has 3 N–H and O–H groups in total. The standard InChI is InChI=1S/C6H10O5/c7-2-4(9)5-1-3(8)6(10)11-5/h3-5,7-9H,1-2H2. The van der Waals surface area contributed by atoms with Crippen LogP contribution in [0.15, 0.2) is 0 Å². The van der Waals surface area contributed by atoms with E-state index >= 15 is 0 Å². The van der Waals surface area contributed by atoms with Crippen LogP contribution in [0, 0.1) is 0 Å². The molecular formula is C6H10O5. The highest BCUT2D eigenvalue weighted by Crippen LogP contribution is 2.17. The number of carbonyl (C=O) groups excluding carboxylic acids is 1. The number of aliphatic hydroxyl groups is 3. The molecule has 0 aromatic carbocycles. The van der Waals surface area contributed by atoms with Crippen LogP contribution >= 0.6 is 0 Å². The third-order valence-corrected chi connectivity index (χ3v) is 1.61. The Morgan fingerprint density at radius 3 is 2.73 bits per heavy atom. The molecule has 0 aromatic rings. The Morgan fingerprint density at radius 1 is 1.73 bits per heavy atom. The second kappa shape index (κ2) is 3.17. The molecular weight excluding hydrogens is 152 g/mol. The fraction of sp³-hybridized carbons (Fsp3) is 0.833. The van der Waals surface area contributed by atoms with Crippen molar-refractivity contribution in [3.63, 3.8) is 0 Å². The first kappa shape index (κ1) is 8.45. The molecule has 0 aliphatic carbocycles. The van der Waals surface area contributed by atoms with E-state index < -0.39 is 30.9 Å². The first-order valence-electron chi connectivity index (χ1n) is 3.32. The van der Waals surface area contributed by atoms with E-state index in [0.29, 0.717) is 0 Å². The maximum Gasteiger partial charge on any atom is 0.335 e. The van der Waals surface area contributed by atoms with Gasteiger partial charge in [0.1, 0.15) is 12.2 Å². The van der Waals surface area contributed by atoms with Gasteiger partial charge in [0.15, 0.2) is 6.10 Å². The van der Waals surface area contributed by atoms with Gasteiger partial charge < -0.3 is 20.1 Å². The molecule has 0 amide bonds. The zero-order chi connectivity index (χ0) is 8.43. The van der Waals surface area contributed by atoms with Crippen LogP contribution < -0.4 is 0 Å². The summed E-state index contributed by atoms with van der Waals surface area (Å²) < 4.78 is 4.53. The minimum atomic E-state index is -1.15. The first-order valence-corrected chi connectivity index (χ1v) is 3.32. The SMILES string of the molecule is O=C1OC(C(O)CO)CC1O. The molecule has 64 valence electrons. The van der Waals surface area contributed by atoms with Gasteiger partial charge in [0, 0.05) is 6.42 Å². The van der Waals surface area contributed by atoms with Crippen LogP contribution in [0.3, 0.4) is 0 Å². The molecule has 0 spiro atoms. The van der Waals surface area contributed by atoms with E-state index in [4.69, 9.17) is 15.3 Å². The smallest absolute Gasteiger partial charge is 0.335 e. The van der Waals surface area contributed by atoms with Crippen molar-refractivity contribution in [3.8, 4) is 0 Å². The van der Waals surface area contributed by atoms with Crippen LogP contribution in [0.1, 0.15) is 6.42 Å². The summed E-state index contributed by atoms with van der Waals surface area (Å²) in [4.78, 5) is 10.5. The van der Waals surface area contributed by atoms with Crippen molar-refractivity contribution in [2.75, 3.05) is 6.61 Å². The third kappa shape index (κ3) is 1.68. The average Bonchev–Trinajstić information content (AvgIpc) is 2.31. The van der Waals surface area contributed by atoms with E-state index in [2.05, 4.69) is 4.74 Å². The molecule has 1 saturated heterocycles. The number of ether oxygens (including phenoxy) is 1. The number of hydrogen-bond acceptors (Lipinski definition) is 5. The molecule has 1 aliphatic heterocycles. The molecule has 1 rings (SSSR count). The van der Waals surface area contributed by atoms with Crippen molar-refractivity contribution < 1.29 is 24.9 Å². The van der Waals surface area contributed by atoms with Crippen LogP contribution in [0.5, 0.6) is 0 Å². The van der Waals surface area contributed by atoms with E-state index in [1.807, 2.05) is 0 Å². The van der Waals surface area contributed by atoms with Gasteiger partial charge in [-0.2, -0.15) is 0 Å². The lowest BCUT2D eigenvalue weighted by Gasteiger charge is -2.12. The summed E-state index contributed by atoms with van der Waals surface area (Å²) in [5.41, 5.74) is 0. The minimum absolute atomic E-state index is 0.0561. The van der Waals surface area contributed by atoms with E-state index in [0.717, 1.165) is 0 Å². The molecule has 0 aromatic heterocycles. The van der Waals surface area contributed by atoms with Crippen molar-refractivity contribution in [2.45, 2.75) is 24.7 Å². The lowest BCUT2D eigenvalue weighted by atomic mass is 10.1. The number of rotatable bonds is 2. The van der Waals surface area contributed by atoms with Gasteiger partial charge in [-0.05, 0) is 0 Å². The molecule has 0 radical (unpaired) electrons. The van der Waals surface area contributed by atoms with Gasteiger partial charge in [0.2, 0.25) is 0 Å². The van der Waals surface area contributed by atoms with Gasteiger partial charge in [-0.3, -0.25) is 0 Å². The monoisotopic (exact) mass is 162 g/mol. The number of esters is 1. The van der Waals surface area contributed by atoms with Gasteiger partial charge in [0.05, 0.1) is 6.61 Å². The normalized spacial score (nSPS) is 33.5. The third-order valence-electron chi connectivity index (χ3n) is 1.61. The summed E-state index contributed by atoms with van der Waals surface area (Å²) >= 11 is 0. The average molecular weight is 162 g/mol. The Labute approximate surface area is 63.2 Å². The predicted octanol–water partition coefficient (Wildman–Crippen LogP) is -1.98. The summed E-state index contributed by atoms with van der Waals surface area (Å²) in [6, 6.07) is 0. The number of aliphatic hydroxyl groups excluding tert-OH is 3. The van der Waals surface area contributed by atoms with E-state index in [-0.39, 0.29) is 6.42 Å². The van der Waals surface area contributed by atoms with Crippen LogP contribution in [0.2, 0.25) is 0 Å². The maximum absolute atomic E-state index is 10.5. The molecule has 5 nitrogen and oxygen atoms in total. The highest BCUT2D eigenvalue weighted by atomic mass is 16.6. The molecule has 3 unspecified atom stereocenters. The molecule has 5 heteroatoms. The lowest BCUT2D eigenvalue weighted by Crippen LogP contribution is -2.29. The van der Waals surface area contributed by atoms with Crippen molar-refractivity contribution in [3.05, 3.63) is 0 Å². The largest absolute Gasteiger partial charge is 0.457 e. The lowest BCUT2D eigenvalue weighted by molar-refractivity contribution is -0.151.